The molecule has 26 heavy (non-hydrogen) atoms. The predicted molar refractivity (Wildman–Crippen MR) is 107 cm³/mol. The van der Waals surface area contributed by atoms with Crippen molar-refractivity contribution in [1.29, 1.82) is 0 Å². The van der Waals surface area contributed by atoms with Gasteiger partial charge in [-0.25, -0.2) is 4.79 Å². The molecule has 0 bridgehead atoms. The van der Waals surface area contributed by atoms with Gasteiger partial charge in [-0.3, -0.25) is 0 Å². The minimum absolute atomic E-state index is 0.241. The van der Waals surface area contributed by atoms with Crippen LogP contribution < -0.4 is 15.5 Å². The standard InChI is InChI=1S/C19H29N3O3S/c1-3-22(4-2)11-13-25-18(23)15-7-9-16(10-8-15)21-19(26)20-14-17-6-5-12-24-17/h7-10,17H,3-6,11-14H2,1-2H3,(H2,20,21,26)/p+1/t17-/m1/s1. The fourth-order valence-electron chi connectivity index (χ4n) is 2.85. The van der Waals surface area contributed by atoms with E-state index in [1.165, 1.54) is 4.90 Å². The Balaban J connectivity index is 1.72. The lowest BCUT2D eigenvalue weighted by molar-refractivity contribution is -0.896. The highest BCUT2D eigenvalue weighted by molar-refractivity contribution is 7.80. The molecule has 3 N–H and O–H groups in total. The van der Waals surface area contributed by atoms with Crippen LogP contribution in [-0.2, 0) is 9.47 Å². The van der Waals surface area contributed by atoms with Gasteiger partial charge in [0.15, 0.2) is 5.11 Å². The molecule has 0 radical (unpaired) electrons. The molecular weight excluding hydrogens is 350 g/mol. The van der Waals surface area contributed by atoms with Crippen LogP contribution >= 0.6 is 12.2 Å². The van der Waals surface area contributed by atoms with E-state index in [2.05, 4.69) is 24.5 Å². The van der Waals surface area contributed by atoms with Crippen molar-refractivity contribution in [3.8, 4) is 0 Å². The quantitative estimate of drug-likeness (QED) is 0.443. The van der Waals surface area contributed by atoms with Gasteiger partial charge in [0, 0.05) is 18.8 Å². The molecule has 0 unspecified atom stereocenters. The molecule has 1 saturated heterocycles. The third kappa shape index (κ3) is 6.90. The van der Waals surface area contributed by atoms with Crippen molar-refractivity contribution in [1.82, 2.24) is 5.32 Å². The molecule has 144 valence electrons. The maximum absolute atomic E-state index is 12.1. The van der Waals surface area contributed by atoms with Crippen molar-refractivity contribution >= 4 is 29.0 Å². The van der Waals surface area contributed by atoms with Gasteiger partial charge in [0.25, 0.3) is 0 Å². The largest absolute Gasteiger partial charge is 0.456 e. The summed E-state index contributed by atoms with van der Waals surface area (Å²) in [5.41, 5.74) is 1.38. The second kappa shape index (κ2) is 11.1. The van der Waals surface area contributed by atoms with E-state index in [1.54, 1.807) is 12.1 Å². The van der Waals surface area contributed by atoms with Crippen molar-refractivity contribution in [3.63, 3.8) is 0 Å². The number of benzene rings is 1. The van der Waals surface area contributed by atoms with Crippen LogP contribution in [0.1, 0.15) is 37.0 Å². The summed E-state index contributed by atoms with van der Waals surface area (Å²) in [6.45, 7) is 9.16. The van der Waals surface area contributed by atoms with E-state index in [0.29, 0.717) is 23.8 Å². The summed E-state index contributed by atoms with van der Waals surface area (Å²) in [7, 11) is 0. The number of thiocarbonyl (C=S) groups is 1. The van der Waals surface area contributed by atoms with Gasteiger partial charge in [0.05, 0.1) is 24.8 Å². The number of hydrogen-bond acceptors (Lipinski definition) is 4. The van der Waals surface area contributed by atoms with Gasteiger partial charge in [0.2, 0.25) is 0 Å². The number of carbonyl (C=O) groups excluding carboxylic acids is 1. The number of likely N-dealkylation sites (N-methyl/N-ethyl adjacent to an activating group) is 1. The van der Waals surface area contributed by atoms with Crippen LogP contribution in [0.2, 0.25) is 0 Å². The van der Waals surface area contributed by atoms with E-state index in [1.807, 2.05) is 12.1 Å². The number of ether oxygens (including phenoxy) is 2. The summed E-state index contributed by atoms with van der Waals surface area (Å²) in [4.78, 5) is 13.5. The van der Waals surface area contributed by atoms with Crippen LogP contribution in [0.3, 0.4) is 0 Å². The minimum atomic E-state index is -0.290. The highest BCUT2D eigenvalue weighted by atomic mass is 32.1. The van der Waals surface area contributed by atoms with Crippen LogP contribution in [-0.4, -0.2) is 56.6 Å². The third-order valence-electron chi connectivity index (χ3n) is 4.58. The van der Waals surface area contributed by atoms with Gasteiger partial charge in [-0.15, -0.1) is 0 Å². The number of hydrogen-bond donors (Lipinski definition) is 3. The van der Waals surface area contributed by atoms with E-state index in [0.717, 1.165) is 44.8 Å². The van der Waals surface area contributed by atoms with Crippen LogP contribution in [0.5, 0.6) is 0 Å². The first kappa shape index (κ1) is 20.6. The Bertz CT molecular complexity index is 570. The smallest absolute Gasteiger partial charge is 0.338 e. The first-order valence-electron chi connectivity index (χ1n) is 9.39. The molecule has 7 heteroatoms. The lowest BCUT2D eigenvalue weighted by Gasteiger charge is -2.15. The van der Waals surface area contributed by atoms with Gasteiger partial charge in [-0.05, 0) is 63.2 Å². The van der Waals surface area contributed by atoms with Crippen LogP contribution in [0, 0.1) is 0 Å². The van der Waals surface area contributed by atoms with Gasteiger partial charge in [-0.1, -0.05) is 0 Å². The molecule has 0 saturated carbocycles. The van der Waals surface area contributed by atoms with Gasteiger partial charge < -0.3 is 25.0 Å². The zero-order chi connectivity index (χ0) is 18.8. The number of esters is 1. The maximum Gasteiger partial charge on any atom is 0.338 e. The number of nitrogens with one attached hydrogen (secondary N) is 3. The molecule has 1 aromatic rings. The molecular formula is C19H30N3O3S+. The molecule has 0 amide bonds. The normalized spacial score (nSPS) is 16.5. The molecule has 1 atom stereocenters. The second-order valence-corrected chi connectivity index (χ2v) is 6.80. The van der Waals surface area contributed by atoms with Crippen molar-refractivity contribution in [2.45, 2.75) is 32.8 Å². The molecule has 1 aliphatic heterocycles. The van der Waals surface area contributed by atoms with Crippen molar-refractivity contribution in [3.05, 3.63) is 29.8 Å². The van der Waals surface area contributed by atoms with Crippen molar-refractivity contribution in [2.24, 2.45) is 0 Å². The highest BCUT2D eigenvalue weighted by Gasteiger charge is 2.15. The summed E-state index contributed by atoms with van der Waals surface area (Å²) in [6, 6.07) is 7.15. The van der Waals surface area contributed by atoms with E-state index in [-0.39, 0.29) is 12.1 Å². The molecule has 0 spiro atoms. The molecule has 0 aromatic heterocycles. The van der Waals surface area contributed by atoms with E-state index in [4.69, 9.17) is 21.7 Å². The van der Waals surface area contributed by atoms with Crippen molar-refractivity contribution in [2.75, 3.05) is 44.7 Å². The zero-order valence-electron chi connectivity index (χ0n) is 15.7. The Hall–Kier alpha value is -1.70. The predicted octanol–water partition coefficient (Wildman–Crippen LogP) is 1.23. The molecule has 1 aliphatic rings. The summed E-state index contributed by atoms with van der Waals surface area (Å²) in [6.07, 6.45) is 2.42. The van der Waals surface area contributed by atoms with Gasteiger partial charge >= 0.3 is 5.97 Å². The summed E-state index contributed by atoms with van der Waals surface area (Å²) in [5.74, 6) is -0.290. The minimum Gasteiger partial charge on any atom is -0.456 e. The Morgan fingerprint density at radius 3 is 2.65 bits per heavy atom. The molecule has 1 fully saturated rings. The van der Waals surface area contributed by atoms with E-state index in [9.17, 15) is 4.79 Å². The average Bonchev–Trinajstić information content (AvgIpc) is 3.18. The fourth-order valence-corrected chi connectivity index (χ4v) is 3.05. The molecule has 1 aromatic carbocycles. The van der Waals surface area contributed by atoms with Gasteiger partial charge in [-0.2, -0.15) is 0 Å². The lowest BCUT2D eigenvalue weighted by Crippen LogP contribution is -3.11. The number of rotatable bonds is 9. The Labute approximate surface area is 161 Å². The molecule has 6 nitrogen and oxygen atoms in total. The average molecular weight is 381 g/mol. The monoisotopic (exact) mass is 380 g/mol. The third-order valence-corrected chi connectivity index (χ3v) is 4.83. The SMILES string of the molecule is CC[NH+](CC)CCOC(=O)c1ccc(NC(=S)NC[C@H]2CCCO2)cc1. The zero-order valence-corrected chi connectivity index (χ0v) is 16.5. The summed E-state index contributed by atoms with van der Waals surface area (Å²) in [5, 5.41) is 6.83. The number of anilines is 1. The highest BCUT2D eigenvalue weighted by Crippen LogP contribution is 2.12. The fraction of sp³-hybridized carbons (Fsp3) is 0.579. The van der Waals surface area contributed by atoms with E-state index >= 15 is 0 Å². The lowest BCUT2D eigenvalue weighted by atomic mass is 10.2. The molecule has 2 rings (SSSR count). The summed E-state index contributed by atoms with van der Waals surface area (Å²) >= 11 is 5.29. The topological polar surface area (TPSA) is 64.0 Å². The second-order valence-electron chi connectivity index (χ2n) is 6.39. The molecule has 0 aliphatic carbocycles. The van der Waals surface area contributed by atoms with Gasteiger partial charge in [0.1, 0.15) is 13.2 Å². The van der Waals surface area contributed by atoms with Crippen LogP contribution in [0.25, 0.3) is 0 Å². The number of quaternary nitrogens is 1. The summed E-state index contributed by atoms with van der Waals surface area (Å²) < 4.78 is 10.9. The number of carbonyl (C=O) groups is 1. The first-order valence-corrected chi connectivity index (χ1v) is 9.80. The van der Waals surface area contributed by atoms with Crippen LogP contribution in [0.4, 0.5) is 5.69 Å². The first-order chi connectivity index (χ1) is 12.6. The Morgan fingerprint density at radius 1 is 1.31 bits per heavy atom. The van der Waals surface area contributed by atoms with E-state index < -0.39 is 0 Å². The maximum atomic E-state index is 12.1. The van der Waals surface area contributed by atoms with Crippen LogP contribution in [0.15, 0.2) is 24.3 Å². The Morgan fingerprint density at radius 2 is 2.04 bits per heavy atom. The Kier molecular flexibility index (Phi) is 8.80. The molecule has 1 heterocycles. The van der Waals surface area contributed by atoms with Crippen molar-refractivity contribution < 1.29 is 19.2 Å².